The van der Waals surface area contributed by atoms with Gasteiger partial charge < -0.3 is 40.1 Å². The van der Waals surface area contributed by atoms with Crippen LogP contribution < -0.4 is 0 Å². The summed E-state index contributed by atoms with van der Waals surface area (Å²) in [7, 11) is 0. The number of aliphatic hydroxyl groups excluding tert-OH is 6. The topological polar surface area (TPSA) is 140 Å². The molecule has 0 radical (unpaired) electrons. The highest BCUT2D eigenvalue weighted by Crippen LogP contribution is 2.46. The molecule has 1 heterocycles. The average molecular weight is 392 g/mol. The third kappa shape index (κ3) is 5.39. The third-order valence-electron chi connectivity index (χ3n) is 6.24. The van der Waals surface area contributed by atoms with Crippen molar-refractivity contribution in [3.8, 4) is 0 Å². The smallest absolute Gasteiger partial charge is 0.186 e. The van der Waals surface area contributed by atoms with Crippen molar-refractivity contribution in [3.63, 3.8) is 0 Å². The van der Waals surface area contributed by atoms with Crippen LogP contribution in [-0.2, 0) is 9.47 Å². The van der Waals surface area contributed by atoms with Gasteiger partial charge in [0.2, 0.25) is 0 Å². The standard InChI is InChI=1S/C19H36O8/c1-10(26-18-17(25)16(24)15(23)14(9-21)27-18)4-5-13-11(8-20)6-12(22)7-19(13,2)3/h10-18,20-25H,4-9H2,1-3H3/t10-,11+,12+,13+,14-,15-,16+,17-,18-/m1/s1. The van der Waals surface area contributed by atoms with Gasteiger partial charge in [0.15, 0.2) is 6.29 Å². The van der Waals surface area contributed by atoms with Gasteiger partial charge in [-0.1, -0.05) is 13.8 Å². The molecule has 6 N–H and O–H groups in total. The second kappa shape index (κ2) is 9.45. The molecule has 2 fully saturated rings. The summed E-state index contributed by atoms with van der Waals surface area (Å²) < 4.78 is 11.1. The van der Waals surface area contributed by atoms with Crippen LogP contribution in [0, 0.1) is 17.3 Å². The number of rotatable bonds is 7. The van der Waals surface area contributed by atoms with E-state index < -0.39 is 43.4 Å². The first-order chi connectivity index (χ1) is 12.6. The molecule has 2 rings (SSSR count). The van der Waals surface area contributed by atoms with E-state index in [4.69, 9.17) is 9.47 Å². The Morgan fingerprint density at radius 1 is 1.04 bits per heavy atom. The molecule has 8 heteroatoms. The molecule has 1 aliphatic heterocycles. The van der Waals surface area contributed by atoms with E-state index in [1.54, 1.807) is 0 Å². The first-order valence-electron chi connectivity index (χ1n) is 9.85. The van der Waals surface area contributed by atoms with Crippen LogP contribution in [0.25, 0.3) is 0 Å². The molecule has 160 valence electrons. The Hall–Kier alpha value is -0.320. The Bertz CT molecular complexity index is 457. The Kier molecular flexibility index (Phi) is 8.04. The van der Waals surface area contributed by atoms with Crippen molar-refractivity contribution in [2.45, 2.75) is 89.4 Å². The first-order valence-corrected chi connectivity index (χ1v) is 9.85. The van der Waals surface area contributed by atoms with Gasteiger partial charge in [0.05, 0.1) is 18.8 Å². The Labute approximate surface area is 160 Å². The molecule has 0 aromatic heterocycles. The molecule has 9 atom stereocenters. The zero-order valence-corrected chi connectivity index (χ0v) is 16.4. The van der Waals surface area contributed by atoms with E-state index in [1.165, 1.54) is 0 Å². The molecular formula is C19H36O8. The monoisotopic (exact) mass is 392 g/mol. The minimum absolute atomic E-state index is 0.0307. The van der Waals surface area contributed by atoms with Gasteiger partial charge in [-0.3, -0.25) is 0 Å². The highest BCUT2D eigenvalue weighted by molar-refractivity contribution is 4.92. The molecular weight excluding hydrogens is 356 g/mol. The van der Waals surface area contributed by atoms with Crippen LogP contribution in [0.2, 0.25) is 0 Å². The van der Waals surface area contributed by atoms with Crippen LogP contribution >= 0.6 is 0 Å². The van der Waals surface area contributed by atoms with Crippen molar-refractivity contribution in [2.75, 3.05) is 13.2 Å². The summed E-state index contributed by atoms with van der Waals surface area (Å²) >= 11 is 0. The Morgan fingerprint density at radius 2 is 1.70 bits per heavy atom. The van der Waals surface area contributed by atoms with E-state index in [0.717, 1.165) is 6.42 Å². The van der Waals surface area contributed by atoms with Crippen LogP contribution in [0.5, 0.6) is 0 Å². The maximum Gasteiger partial charge on any atom is 0.186 e. The minimum Gasteiger partial charge on any atom is -0.396 e. The van der Waals surface area contributed by atoms with Gasteiger partial charge in [-0.2, -0.15) is 0 Å². The van der Waals surface area contributed by atoms with Gasteiger partial charge in [-0.05, 0) is 49.9 Å². The van der Waals surface area contributed by atoms with Crippen LogP contribution in [0.15, 0.2) is 0 Å². The van der Waals surface area contributed by atoms with E-state index >= 15 is 0 Å². The van der Waals surface area contributed by atoms with Crippen LogP contribution in [-0.4, -0.2) is 86.8 Å². The van der Waals surface area contributed by atoms with Gasteiger partial charge in [0.1, 0.15) is 24.4 Å². The fourth-order valence-corrected chi connectivity index (χ4v) is 4.71. The van der Waals surface area contributed by atoms with E-state index in [9.17, 15) is 30.6 Å². The van der Waals surface area contributed by atoms with E-state index in [1.807, 2.05) is 6.92 Å². The molecule has 0 amide bonds. The average Bonchev–Trinajstić information content (AvgIpc) is 2.59. The largest absolute Gasteiger partial charge is 0.396 e. The molecule has 0 bridgehead atoms. The number of hydrogen-bond acceptors (Lipinski definition) is 8. The lowest BCUT2D eigenvalue weighted by molar-refractivity contribution is -0.310. The predicted molar refractivity (Wildman–Crippen MR) is 96.6 cm³/mol. The molecule has 1 saturated carbocycles. The normalized spacial score (nSPS) is 43.4. The molecule has 0 spiro atoms. The van der Waals surface area contributed by atoms with Gasteiger partial charge in [-0.25, -0.2) is 0 Å². The van der Waals surface area contributed by atoms with Gasteiger partial charge >= 0.3 is 0 Å². The maximum absolute atomic E-state index is 10.1. The van der Waals surface area contributed by atoms with E-state index in [2.05, 4.69) is 13.8 Å². The Morgan fingerprint density at radius 3 is 2.30 bits per heavy atom. The van der Waals surface area contributed by atoms with Crippen molar-refractivity contribution in [2.24, 2.45) is 17.3 Å². The molecule has 1 saturated heterocycles. The molecule has 2 aliphatic rings. The van der Waals surface area contributed by atoms with E-state index in [0.29, 0.717) is 19.3 Å². The summed E-state index contributed by atoms with van der Waals surface area (Å²) in [6.45, 7) is 5.58. The summed E-state index contributed by atoms with van der Waals surface area (Å²) in [6, 6.07) is 0. The fourth-order valence-electron chi connectivity index (χ4n) is 4.71. The summed E-state index contributed by atoms with van der Waals surface area (Å²) in [6.07, 6.45) is -4.36. The summed E-state index contributed by atoms with van der Waals surface area (Å²) in [5.41, 5.74) is -0.103. The molecule has 0 aromatic carbocycles. The van der Waals surface area contributed by atoms with Crippen molar-refractivity contribution in [1.82, 2.24) is 0 Å². The van der Waals surface area contributed by atoms with Crippen molar-refractivity contribution >= 4 is 0 Å². The lowest BCUT2D eigenvalue weighted by Gasteiger charge is -2.46. The van der Waals surface area contributed by atoms with E-state index in [-0.39, 0.29) is 30.0 Å². The maximum atomic E-state index is 10.1. The molecule has 8 nitrogen and oxygen atoms in total. The lowest BCUT2D eigenvalue weighted by atomic mass is 9.61. The number of hydrogen-bond donors (Lipinski definition) is 6. The van der Waals surface area contributed by atoms with Crippen molar-refractivity contribution in [3.05, 3.63) is 0 Å². The first kappa shape index (κ1) is 23.0. The van der Waals surface area contributed by atoms with Gasteiger partial charge in [0.25, 0.3) is 0 Å². The number of ether oxygens (including phenoxy) is 2. The third-order valence-corrected chi connectivity index (χ3v) is 6.24. The fraction of sp³-hybridized carbons (Fsp3) is 1.00. The van der Waals surface area contributed by atoms with Gasteiger partial charge in [0, 0.05) is 6.61 Å². The lowest BCUT2D eigenvalue weighted by Crippen LogP contribution is -2.59. The molecule has 1 aliphatic carbocycles. The van der Waals surface area contributed by atoms with Crippen molar-refractivity contribution < 1.29 is 40.1 Å². The highest BCUT2D eigenvalue weighted by atomic mass is 16.7. The number of aliphatic hydroxyl groups is 6. The summed E-state index contributed by atoms with van der Waals surface area (Å²) in [4.78, 5) is 0. The predicted octanol–water partition coefficient (Wildman–Crippen LogP) is -0.623. The van der Waals surface area contributed by atoms with Gasteiger partial charge in [-0.15, -0.1) is 0 Å². The zero-order valence-electron chi connectivity index (χ0n) is 16.4. The van der Waals surface area contributed by atoms with Crippen LogP contribution in [0.1, 0.15) is 46.5 Å². The van der Waals surface area contributed by atoms with Crippen LogP contribution in [0.4, 0.5) is 0 Å². The quantitative estimate of drug-likeness (QED) is 0.337. The molecule has 0 aromatic rings. The minimum atomic E-state index is -1.45. The van der Waals surface area contributed by atoms with Crippen molar-refractivity contribution in [1.29, 1.82) is 0 Å². The molecule has 0 unspecified atom stereocenters. The second-order valence-electron chi connectivity index (χ2n) is 8.85. The molecule has 27 heavy (non-hydrogen) atoms. The highest BCUT2D eigenvalue weighted by Gasteiger charge is 2.45. The SMILES string of the molecule is C[C@H](CC[C@H]1[C@H](CO)C[C@H](O)CC1(C)C)O[C@@H]1O[C@H](CO)[C@@H](O)[C@H](O)[C@H]1O. The Balaban J connectivity index is 1.92. The summed E-state index contributed by atoms with van der Waals surface area (Å²) in [5, 5.41) is 58.8. The second-order valence-corrected chi connectivity index (χ2v) is 8.85. The summed E-state index contributed by atoms with van der Waals surface area (Å²) in [5.74, 6) is 0.259. The zero-order chi connectivity index (χ0) is 20.4. The van der Waals surface area contributed by atoms with Crippen LogP contribution in [0.3, 0.4) is 0 Å².